The lowest BCUT2D eigenvalue weighted by molar-refractivity contribution is 0.0268. The van der Waals surface area contributed by atoms with Crippen molar-refractivity contribution in [1.29, 1.82) is 0 Å². The number of halogens is 1. The molecule has 0 atom stereocenters. The van der Waals surface area contributed by atoms with Gasteiger partial charge in [-0.1, -0.05) is 0 Å². The third-order valence-electron chi connectivity index (χ3n) is 4.67. The number of rotatable bonds is 6. The normalized spacial score (nSPS) is 19.6. The molecule has 0 N–H and O–H groups in total. The molecule has 10 heteroatoms. The Hall–Kier alpha value is -1.62. The van der Waals surface area contributed by atoms with Crippen LogP contribution in [0.5, 0.6) is 0 Å². The number of hydrogen-bond acceptors (Lipinski definition) is 6. The van der Waals surface area contributed by atoms with Crippen LogP contribution in [0.4, 0.5) is 4.39 Å². The molecule has 8 nitrogen and oxygen atoms in total. The summed E-state index contributed by atoms with van der Waals surface area (Å²) in [6.07, 6.45) is 2.19. The molecule has 0 radical (unpaired) electrons. The molecule has 0 aliphatic carbocycles. The monoisotopic (exact) mass is 386 g/mol. The van der Waals surface area contributed by atoms with Gasteiger partial charge in [-0.05, 0) is 12.1 Å². The predicted molar refractivity (Wildman–Crippen MR) is 92.7 cm³/mol. The quantitative estimate of drug-likeness (QED) is 0.664. The van der Waals surface area contributed by atoms with Crippen molar-refractivity contribution in [2.45, 2.75) is 6.04 Å². The topological polar surface area (TPSA) is 83.1 Å². The summed E-state index contributed by atoms with van der Waals surface area (Å²) in [5.74, 6) is -0.822. The van der Waals surface area contributed by atoms with E-state index < -0.39 is 15.8 Å². The second-order valence-electron chi connectivity index (χ2n) is 6.55. The molecule has 2 saturated heterocycles. The first-order valence-electron chi connectivity index (χ1n) is 8.52. The van der Waals surface area contributed by atoms with E-state index in [1.54, 1.807) is 0 Å². The van der Waals surface area contributed by atoms with Crippen molar-refractivity contribution in [2.24, 2.45) is 0 Å². The van der Waals surface area contributed by atoms with E-state index in [0.717, 1.165) is 19.3 Å². The molecule has 0 bridgehead atoms. The Morgan fingerprint density at radius 1 is 1.35 bits per heavy atom. The van der Waals surface area contributed by atoms with Gasteiger partial charge in [-0.25, -0.2) is 17.8 Å². The largest absolute Gasteiger partial charge is 0.379 e. The molecule has 0 spiro atoms. The molecule has 2 aliphatic heterocycles. The Labute approximate surface area is 152 Å². The van der Waals surface area contributed by atoms with Crippen molar-refractivity contribution in [2.75, 3.05) is 58.7 Å². The maximum absolute atomic E-state index is 12.9. The zero-order valence-electron chi connectivity index (χ0n) is 14.7. The standard InChI is InChI=1S/C16H23FN4O4S/c1-26(23,24)21(5-4-19-6-8-25-9-7-19)14-11-20(12-14)16(22)15-3-2-13(17)10-18-15/h2-3,10,14H,4-9,11-12H2,1H3. The smallest absolute Gasteiger partial charge is 0.272 e. The maximum atomic E-state index is 12.9. The maximum Gasteiger partial charge on any atom is 0.272 e. The first kappa shape index (κ1) is 19.2. The van der Waals surface area contributed by atoms with Gasteiger partial charge in [0.15, 0.2) is 0 Å². The van der Waals surface area contributed by atoms with Crippen LogP contribution in [0.3, 0.4) is 0 Å². The van der Waals surface area contributed by atoms with E-state index in [1.165, 1.54) is 27.6 Å². The first-order valence-corrected chi connectivity index (χ1v) is 10.4. The van der Waals surface area contributed by atoms with Gasteiger partial charge in [0, 0.05) is 39.3 Å². The molecular weight excluding hydrogens is 363 g/mol. The van der Waals surface area contributed by atoms with E-state index in [2.05, 4.69) is 9.88 Å². The SMILES string of the molecule is CS(=O)(=O)N(CCN1CCOCC1)C1CN(C(=O)c2ccc(F)cn2)C1. The number of likely N-dealkylation sites (tertiary alicyclic amines) is 1. The molecule has 2 aliphatic rings. The summed E-state index contributed by atoms with van der Waals surface area (Å²) in [6, 6.07) is 2.27. The van der Waals surface area contributed by atoms with Crippen molar-refractivity contribution >= 4 is 15.9 Å². The van der Waals surface area contributed by atoms with Crippen molar-refractivity contribution < 1.29 is 22.3 Å². The number of ether oxygens (including phenoxy) is 1. The average Bonchev–Trinajstić information content (AvgIpc) is 2.56. The van der Waals surface area contributed by atoms with Gasteiger partial charge in [-0.2, -0.15) is 4.31 Å². The summed E-state index contributed by atoms with van der Waals surface area (Å²) in [4.78, 5) is 19.8. The van der Waals surface area contributed by atoms with Crippen LogP contribution in [-0.2, 0) is 14.8 Å². The predicted octanol–water partition coefficient (Wildman–Crippen LogP) is -0.361. The van der Waals surface area contributed by atoms with Crippen LogP contribution in [0.25, 0.3) is 0 Å². The number of hydrogen-bond donors (Lipinski definition) is 0. The highest BCUT2D eigenvalue weighted by atomic mass is 32.2. The lowest BCUT2D eigenvalue weighted by Gasteiger charge is -2.44. The molecule has 26 heavy (non-hydrogen) atoms. The van der Waals surface area contributed by atoms with Gasteiger partial charge in [0.05, 0.1) is 31.7 Å². The zero-order chi connectivity index (χ0) is 18.7. The fraction of sp³-hybridized carbons (Fsp3) is 0.625. The third-order valence-corrected chi connectivity index (χ3v) is 6.00. The Kier molecular flexibility index (Phi) is 5.86. The van der Waals surface area contributed by atoms with Crippen LogP contribution >= 0.6 is 0 Å². The van der Waals surface area contributed by atoms with E-state index in [-0.39, 0.29) is 17.6 Å². The molecule has 144 valence electrons. The summed E-state index contributed by atoms with van der Waals surface area (Å²) in [5, 5.41) is 0. The van der Waals surface area contributed by atoms with Crippen LogP contribution in [-0.4, -0.2) is 98.2 Å². The number of carbonyl (C=O) groups excluding carboxylic acids is 1. The molecule has 1 aromatic heterocycles. The fourth-order valence-corrected chi connectivity index (χ4v) is 4.24. The Morgan fingerprint density at radius 2 is 2.04 bits per heavy atom. The minimum Gasteiger partial charge on any atom is -0.379 e. The highest BCUT2D eigenvalue weighted by molar-refractivity contribution is 7.88. The molecule has 3 rings (SSSR count). The van der Waals surface area contributed by atoms with Gasteiger partial charge < -0.3 is 9.64 Å². The van der Waals surface area contributed by atoms with Gasteiger partial charge in [0.1, 0.15) is 11.5 Å². The van der Waals surface area contributed by atoms with Crippen molar-refractivity contribution in [3.63, 3.8) is 0 Å². The molecule has 0 aromatic carbocycles. The lowest BCUT2D eigenvalue weighted by Crippen LogP contribution is -2.63. The minimum absolute atomic E-state index is 0.157. The highest BCUT2D eigenvalue weighted by Gasteiger charge is 2.39. The van der Waals surface area contributed by atoms with Crippen LogP contribution in [0.2, 0.25) is 0 Å². The van der Waals surface area contributed by atoms with Crippen LogP contribution < -0.4 is 0 Å². The number of nitrogens with zero attached hydrogens (tertiary/aromatic N) is 4. The molecule has 1 amide bonds. The van der Waals surface area contributed by atoms with Crippen molar-refractivity contribution in [3.05, 3.63) is 29.8 Å². The van der Waals surface area contributed by atoms with Crippen molar-refractivity contribution in [1.82, 2.24) is 19.1 Å². The molecule has 1 aromatic rings. The van der Waals surface area contributed by atoms with Gasteiger partial charge in [0.2, 0.25) is 10.0 Å². The van der Waals surface area contributed by atoms with Gasteiger partial charge in [-0.15, -0.1) is 0 Å². The number of aromatic nitrogens is 1. The Bertz CT molecular complexity index is 731. The fourth-order valence-electron chi connectivity index (χ4n) is 3.15. The summed E-state index contributed by atoms with van der Waals surface area (Å²) in [7, 11) is -3.37. The molecule has 2 fully saturated rings. The first-order chi connectivity index (χ1) is 12.3. The van der Waals surface area contributed by atoms with Crippen LogP contribution in [0.15, 0.2) is 18.3 Å². The zero-order valence-corrected chi connectivity index (χ0v) is 15.5. The molecule has 0 saturated carbocycles. The van der Waals surface area contributed by atoms with Gasteiger partial charge in [-0.3, -0.25) is 9.69 Å². The summed E-state index contributed by atoms with van der Waals surface area (Å²) >= 11 is 0. The lowest BCUT2D eigenvalue weighted by atomic mass is 10.1. The van der Waals surface area contributed by atoms with Crippen molar-refractivity contribution in [3.8, 4) is 0 Å². The van der Waals surface area contributed by atoms with E-state index in [4.69, 9.17) is 4.74 Å². The Balaban J connectivity index is 1.56. The molecule has 0 unspecified atom stereocenters. The summed E-state index contributed by atoms with van der Waals surface area (Å²) < 4.78 is 44.0. The minimum atomic E-state index is -3.37. The molecule has 3 heterocycles. The van der Waals surface area contributed by atoms with Gasteiger partial charge in [0.25, 0.3) is 5.91 Å². The number of amides is 1. The van der Waals surface area contributed by atoms with Crippen LogP contribution in [0, 0.1) is 5.82 Å². The second-order valence-corrected chi connectivity index (χ2v) is 8.49. The number of carbonyl (C=O) groups is 1. The number of sulfonamides is 1. The Morgan fingerprint density at radius 3 is 2.62 bits per heavy atom. The number of morpholine rings is 1. The van der Waals surface area contributed by atoms with E-state index in [1.807, 2.05) is 0 Å². The average molecular weight is 386 g/mol. The second kappa shape index (κ2) is 7.95. The van der Waals surface area contributed by atoms with E-state index >= 15 is 0 Å². The van der Waals surface area contributed by atoms with E-state index in [0.29, 0.717) is 39.4 Å². The third kappa shape index (κ3) is 4.56. The van der Waals surface area contributed by atoms with Gasteiger partial charge >= 0.3 is 0 Å². The summed E-state index contributed by atoms with van der Waals surface area (Å²) in [6.45, 7) is 4.57. The van der Waals surface area contributed by atoms with Crippen LogP contribution in [0.1, 0.15) is 10.5 Å². The van der Waals surface area contributed by atoms with E-state index in [9.17, 15) is 17.6 Å². The number of pyridine rings is 1. The molecular formula is C16H23FN4O4S. The summed E-state index contributed by atoms with van der Waals surface area (Å²) in [5.41, 5.74) is 0.157. The highest BCUT2D eigenvalue weighted by Crippen LogP contribution is 2.20.